The van der Waals surface area contributed by atoms with Crippen LogP contribution < -0.4 is 10.1 Å². The fourth-order valence-corrected chi connectivity index (χ4v) is 1.92. The third kappa shape index (κ3) is 3.23. The Morgan fingerprint density at radius 1 is 1.16 bits per heavy atom. The van der Waals surface area contributed by atoms with Crippen molar-refractivity contribution in [3.63, 3.8) is 0 Å². The van der Waals surface area contributed by atoms with Crippen LogP contribution in [0.25, 0.3) is 0 Å². The number of benzene rings is 2. The summed E-state index contributed by atoms with van der Waals surface area (Å²) in [5, 5.41) is 12.7. The number of methoxy groups -OCH3 is 1. The predicted molar refractivity (Wildman–Crippen MR) is 72.8 cm³/mol. The number of aliphatic hydroxyl groups excluding tert-OH is 1. The highest BCUT2D eigenvalue weighted by Crippen LogP contribution is 2.27. The van der Waals surface area contributed by atoms with Gasteiger partial charge in [0.25, 0.3) is 0 Å². The fourth-order valence-electron chi connectivity index (χ4n) is 1.92. The van der Waals surface area contributed by atoms with Crippen molar-refractivity contribution in [1.29, 1.82) is 0 Å². The maximum Gasteiger partial charge on any atom is 0.124 e. The van der Waals surface area contributed by atoms with Crippen LogP contribution in [0.5, 0.6) is 5.75 Å². The first-order valence-electron chi connectivity index (χ1n) is 6.00. The lowest BCUT2D eigenvalue weighted by Crippen LogP contribution is -2.15. The lowest BCUT2D eigenvalue weighted by atomic mass is 10.1. The Kier molecular flexibility index (Phi) is 4.36. The first-order chi connectivity index (χ1) is 9.24. The normalized spacial score (nSPS) is 11.9. The van der Waals surface area contributed by atoms with E-state index in [4.69, 9.17) is 4.74 Å². The maximum absolute atomic E-state index is 12.9. The van der Waals surface area contributed by atoms with Gasteiger partial charge in [-0.25, -0.2) is 4.39 Å². The van der Waals surface area contributed by atoms with Gasteiger partial charge in [-0.1, -0.05) is 18.2 Å². The number of ether oxygens (including phenoxy) is 1. The highest BCUT2D eigenvalue weighted by atomic mass is 19.1. The first kappa shape index (κ1) is 13.4. The molecule has 0 aromatic heterocycles. The highest BCUT2D eigenvalue weighted by molar-refractivity contribution is 5.48. The average Bonchev–Trinajstić information content (AvgIpc) is 2.46. The Bertz CT molecular complexity index is 528. The number of rotatable bonds is 5. The molecule has 0 heterocycles. The molecule has 0 saturated heterocycles. The van der Waals surface area contributed by atoms with Gasteiger partial charge in [0, 0.05) is 11.3 Å². The second kappa shape index (κ2) is 6.20. The van der Waals surface area contributed by atoms with Gasteiger partial charge in [-0.05, 0) is 30.3 Å². The molecule has 2 aromatic rings. The van der Waals surface area contributed by atoms with Gasteiger partial charge in [0.15, 0.2) is 0 Å². The smallest absolute Gasteiger partial charge is 0.124 e. The van der Waals surface area contributed by atoms with Crippen molar-refractivity contribution in [2.75, 3.05) is 19.0 Å². The molecule has 2 N–H and O–H groups in total. The number of hydrogen-bond donors (Lipinski definition) is 2. The second-order valence-electron chi connectivity index (χ2n) is 4.13. The third-order valence-corrected chi connectivity index (χ3v) is 2.88. The fraction of sp³-hybridized carbons (Fsp3) is 0.200. The zero-order chi connectivity index (χ0) is 13.7. The quantitative estimate of drug-likeness (QED) is 0.869. The monoisotopic (exact) mass is 261 g/mol. The van der Waals surface area contributed by atoms with Crippen molar-refractivity contribution >= 4 is 5.69 Å². The van der Waals surface area contributed by atoms with Crippen LogP contribution in [0.1, 0.15) is 11.6 Å². The summed E-state index contributed by atoms with van der Waals surface area (Å²) in [6, 6.07) is 13.2. The van der Waals surface area contributed by atoms with Crippen molar-refractivity contribution in [3.05, 3.63) is 59.9 Å². The predicted octanol–water partition coefficient (Wildman–Crippen LogP) is 2.98. The van der Waals surface area contributed by atoms with Crippen LogP contribution in [0.4, 0.5) is 10.1 Å². The van der Waals surface area contributed by atoms with Gasteiger partial charge < -0.3 is 15.2 Å². The zero-order valence-corrected chi connectivity index (χ0v) is 10.6. The summed E-state index contributed by atoms with van der Waals surface area (Å²) in [5.41, 5.74) is 1.60. The Morgan fingerprint density at radius 2 is 1.84 bits per heavy atom. The molecule has 0 aliphatic carbocycles. The number of hydrogen-bond acceptors (Lipinski definition) is 3. The Morgan fingerprint density at radius 3 is 2.47 bits per heavy atom. The Balaban J connectivity index is 2.22. The van der Waals surface area contributed by atoms with Gasteiger partial charge in [0.05, 0.1) is 19.8 Å². The van der Waals surface area contributed by atoms with Crippen LogP contribution in [-0.4, -0.2) is 18.8 Å². The van der Waals surface area contributed by atoms with Gasteiger partial charge in [0.2, 0.25) is 0 Å². The van der Waals surface area contributed by atoms with E-state index in [1.54, 1.807) is 19.2 Å². The van der Waals surface area contributed by atoms with E-state index in [-0.39, 0.29) is 18.5 Å². The third-order valence-electron chi connectivity index (χ3n) is 2.88. The van der Waals surface area contributed by atoms with Crippen molar-refractivity contribution in [3.8, 4) is 5.75 Å². The molecule has 0 aliphatic heterocycles. The molecule has 4 heteroatoms. The minimum absolute atomic E-state index is 0.0856. The van der Waals surface area contributed by atoms with Crippen molar-refractivity contribution in [2.45, 2.75) is 6.04 Å². The molecule has 3 nitrogen and oxygen atoms in total. The summed E-state index contributed by atoms with van der Waals surface area (Å²) in [4.78, 5) is 0. The molecule has 0 bridgehead atoms. The molecule has 0 spiro atoms. The van der Waals surface area contributed by atoms with Gasteiger partial charge >= 0.3 is 0 Å². The summed E-state index contributed by atoms with van der Waals surface area (Å²) >= 11 is 0. The number of anilines is 1. The summed E-state index contributed by atoms with van der Waals surface area (Å²) in [6.07, 6.45) is 0. The van der Waals surface area contributed by atoms with E-state index in [1.165, 1.54) is 12.1 Å². The first-order valence-corrected chi connectivity index (χ1v) is 6.00. The van der Waals surface area contributed by atoms with E-state index < -0.39 is 0 Å². The summed E-state index contributed by atoms with van der Waals surface area (Å²) < 4.78 is 18.1. The number of nitrogens with one attached hydrogen (secondary N) is 1. The van der Waals surface area contributed by atoms with Crippen LogP contribution in [0, 0.1) is 5.82 Å². The largest absolute Gasteiger partial charge is 0.496 e. The average molecular weight is 261 g/mol. The van der Waals surface area contributed by atoms with Crippen molar-refractivity contribution < 1.29 is 14.2 Å². The molecule has 2 aromatic carbocycles. The number of para-hydroxylation sites is 1. The van der Waals surface area contributed by atoms with Crippen LogP contribution in [-0.2, 0) is 0 Å². The standard InChI is InChI=1S/C15H16FNO2/c1-19-15-5-3-2-4-13(15)14(10-18)17-12-8-6-11(16)7-9-12/h2-9,14,17-18H,10H2,1H3. The van der Waals surface area contributed by atoms with Gasteiger partial charge in [-0.15, -0.1) is 0 Å². The van der Waals surface area contributed by atoms with Gasteiger partial charge in [0.1, 0.15) is 11.6 Å². The van der Waals surface area contributed by atoms with E-state index in [9.17, 15) is 9.50 Å². The lowest BCUT2D eigenvalue weighted by molar-refractivity contribution is 0.273. The molecule has 2 rings (SSSR count). The van der Waals surface area contributed by atoms with Crippen LogP contribution in [0.3, 0.4) is 0 Å². The second-order valence-corrected chi connectivity index (χ2v) is 4.13. The van der Waals surface area contributed by atoms with Gasteiger partial charge in [-0.3, -0.25) is 0 Å². The minimum Gasteiger partial charge on any atom is -0.496 e. The Labute approximate surface area is 111 Å². The zero-order valence-electron chi connectivity index (χ0n) is 10.6. The molecule has 100 valence electrons. The summed E-state index contributed by atoms with van der Waals surface area (Å²) in [6.45, 7) is -0.0856. The highest BCUT2D eigenvalue weighted by Gasteiger charge is 2.14. The maximum atomic E-state index is 12.9. The lowest BCUT2D eigenvalue weighted by Gasteiger charge is -2.20. The van der Waals surface area contributed by atoms with Crippen LogP contribution in [0.2, 0.25) is 0 Å². The van der Waals surface area contributed by atoms with E-state index in [1.807, 2.05) is 24.3 Å². The van der Waals surface area contributed by atoms with Crippen molar-refractivity contribution in [1.82, 2.24) is 0 Å². The molecule has 1 atom stereocenters. The number of halogens is 1. The molecular formula is C15H16FNO2. The molecule has 0 amide bonds. The Hall–Kier alpha value is -2.07. The molecular weight excluding hydrogens is 245 g/mol. The van der Waals surface area contributed by atoms with Crippen LogP contribution >= 0.6 is 0 Å². The minimum atomic E-state index is -0.304. The van der Waals surface area contributed by atoms with Gasteiger partial charge in [-0.2, -0.15) is 0 Å². The topological polar surface area (TPSA) is 41.5 Å². The molecule has 1 unspecified atom stereocenters. The molecule has 0 fully saturated rings. The molecule has 0 saturated carbocycles. The van der Waals surface area contributed by atoms with Crippen molar-refractivity contribution in [2.24, 2.45) is 0 Å². The van der Waals surface area contributed by atoms with E-state index in [0.717, 1.165) is 11.3 Å². The SMILES string of the molecule is COc1ccccc1C(CO)Nc1ccc(F)cc1. The summed E-state index contributed by atoms with van der Waals surface area (Å²) in [5.74, 6) is 0.416. The van der Waals surface area contributed by atoms with E-state index >= 15 is 0 Å². The number of aliphatic hydroxyl groups is 1. The molecule has 0 radical (unpaired) electrons. The molecule has 0 aliphatic rings. The van der Waals surface area contributed by atoms with Crippen LogP contribution in [0.15, 0.2) is 48.5 Å². The molecule has 19 heavy (non-hydrogen) atoms. The summed E-state index contributed by atoms with van der Waals surface area (Å²) in [7, 11) is 1.59. The van der Waals surface area contributed by atoms with E-state index in [0.29, 0.717) is 5.75 Å². The van der Waals surface area contributed by atoms with E-state index in [2.05, 4.69) is 5.32 Å².